The van der Waals surface area contributed by atoms with Crippen LogP contribution in [0.1, 0.15) is 18.9 Å². The van der Waals surface area contributed by atoms with Crippen molar-refractivity contribution in [1.29, 1.82) is 0 Å². The second-order valence-electron chi connectivity index (χ2n) is 4.19. The molecule has 0 saturated carbocycles. The summed E-state index contributed by atoms with van der Waals surface area (Å²) in [4.78, 5) is 6.65. The maximum absolute atomic E-state index is 5.97. The van der Waals surface area contributed by atoms with Gasteiger partial charge in [0.15, 0.2) is 5.82 Å². The molecule has 0 radical (unpaired) electrons. The fraction of sp³-hybridized carbons (Fsp3) is 0.417. The molecule has 0 amide bonds. The number of hydrogen-bond acceptors (Lipinski definition) is 3. The Hall–Kier alpha value is -1.51. The van der Waals surface area contributed by atoms with E-state index in [9.17, 15) is 0 Å². The summed E-state index contributed by atoms with van der Waals surface area (Å²) in [6.45, 7) is 6.11. The zero-order valence-corrected chi connectivity index (χ0v) is 9.33. The summed E-state index contributed by atoms with van der Waals surface area (Å²) in [5.41, 5.74) is 9.26. The van der Waals surface area contributed by atoms with Crippen LogP contribution in [-0.4, -0.2) is 18.1 Å². The van der Waals surface area contributed by atoms with Crippen molar-refractivity contribution < 1.29 is 0 Å². The van der Waals surface area contributed by atoms with Gasteiger partial charge in [0, 0.05) is 19.3 Å². The van der Waals surface area contributed by atoms with Crippen LogP contribution >= 0.6 is 0 Å². The van der Waals surface area contributed by atoms with Crippen LogP contribution in [0, 0.1) is 6.92 Å². The van der Waals surface area contributed by atoms with Crippen LogP contribution in [-0.2, 0) is 0 Å². The molecule has 0 fully saturated rings. The number of nitrogens with zero attached hydrogens (tertiary/aromatic N) is 2. The van der Waals surface area contributed by atoms with Gasteiger partial charge in [-0.2, -0.15) is 0 Å². The van der Waals surface area contributed by atoms with Gasteiger partial charge in [0.05, 0.1) is 5.69 Å². The quantitative estimate of drug-likeness (QED) is 0.711. The highest BCUT2D eigenvalue weighted by atomic mass is 15.2. The van der Waals surface area contributed by atoms with E-state index in [2.05, 4.69) is 22.9 Å². The summed E-state index contributed by atoms with van der Waals surface area (Å²) >= 11 is 0. The summed E-state index contributed by atoms with van der Waals surface area (Å²) in [6, 6.07) is 1.98. The molecule has 0 unspecified atom stereocenters. The van der Waals surface area contributed by atoms with Gasteiger partial charge in [-0.05, 0) is 31.9 Å². The van der Waals surface area contributed by atoms with Crippen LogP contribution in [0.25, 0.3) is 0 Å². The van der Waals surface area contributed by atoms with Crippen molar-refractivity contribution in [2.24, 2.45) is 0 Å². The van der Waals surface area contributed by atoms with Crippen molar-refractivity contribution in [3.8, 4) is 0 Å². The van der Waals surface area contributed by atoms with Gasteiger partial charge in [-0.25, -0.2) is 4.98 Å². The third-order valence-corrected chi connectivity index (χ3v) is 2.66. The Labute approximate surface area is 90.6 Å². The molecular weight excluding hydrogens is 186 g/mol. The van der Waals surface area contributed by atoms with Crippen molar-refractivity contribution in [3.63, 3.8) is 0 Å². The molecule has 0 atom stereocenters. The molecule has 80 valence electrons. The summed E-state index contributed by atoms with van der Waals surface area (Å²) in [5.74, 6) is 0.924. The van der Waals surface area contributed by atoms with E-state index in [0.29, 0.717) is 0 Å². The molecule has 1 aliphatic rings. The van der Waals surface area contributed by atoms with E-state index in [-0.39, 0.29) is 0 Å². The van der Waals surface area contributed by atoms with E-state index in [1.54, 1.807) is 0 Å². The monoisotopic (exact) mass is 203 g/mol. The SMILES string of the molecule is CC1=CCCN(c2ncc(C)cc2N)C1. The molecule has 0 bridgehead atoms. The van der Waals surface area contributed by atoms with Crippen molar-refractivity contribution in [1.82, 2.24) is 4.98 Å². The molecule has 1 aromatic rings. The normalized spacial score (nSPS) is 16.4. The number of rotatable bonds is 1. The van der Waals surface area contributed by atoms with Crippen molar-refractivity contribution >= 4 is 11.5 Å². The van der Waals surface area contributed by atoms with Crippen LogP contribution in [0.4, 0.5) is 11.5 Å². The fourth-order valence-corrected chi connectivity index (χ4v) is 1.94. The number of anilines is 2. The van der Waals surface area contributed by atoms with Crippen LogP contribution < -0.4 is 10.6 Å². The maximum Gasteiger partial charge on any atom is 0.152 e. The zero-order valence-electron chi connectivity index (χ0n) is 9.33. The fourth-order valence-electron chi connectivity index (χ4n) is 1.94. The summed E-state index contributed by atoms with van der Waals surface area (Å²) in [5, 5.41) is 0. The Bertz CT molecular complexity index is 396. The minimum Gasteiger partial charge on any atom is -0.396 e. The molecule has 15 heavy (non-hydrogen) atoms. The lowest BCUT2D eigenvalue weighted by Gasteiger charge is -2.28. The number of aryl methyl sites for hydroxylation is 1. The predicted octanol–water partition coefficient (Wildman–Crippen LogP) is 2.13. The topological polar surface area (TPSA) is 42.2 Å². The number of nitrogen functional groups attached to an aromatic ring is 1. The Morgan fingerprint density at radius 3 is 2.87 bits per heavy atom. The number of pyridine rings is 1. The smallest absolute Gasteiger partial charge is 0.152 e. The Morgan fingerprint density at radius 2 is 2.20 bits per heavy atom. The maximum atomic E-state index is 5.97. The first-order valence-electron chi connectivity index (χ1n) is 5.29. The van der Waals surface area contributed by atoms with Crippen LogP contribution in [0.5, 0.6) is 0 Å². The standard InChI is InChI=1S/C12H17N3/c1-9-4-3-5-15(8-9)12-11(13)6-10(2)7-14-12/h4,6-7H,3,5,8,13H2,1-2H3. The highest BCUT2D eigenvalue weighted by Crippen LogP contribution is 2.23. The lowest BCUT2D eigenvalue weighted by Crippen LogP contribution is -2.30. The van der Waals surface area contributed by atoms with E-state index < -0.39 is 0 Å². The third-order valence-electron chi connectivity index (χ3n) is 2.66. The van der Waals surface area contributed by atoms with E-state index in [1.807, 2.05) is 19.2 Å². The molecule has 2 heterocycles. The summed E-state index contributed by atoms with van der Waals surface area (Å²) in [6.07, 6.45) is 5.24. The van der Waals surface area contributed by atoms with E-state index in [1.165, 1.54) is 5.57 Å². The van der Waals surface area contributed by atoms with Gasteiger partial charge < -0.3 is 10.6 Å². The first-order valence-corrected chi connectivity index (χ1v) is 5.29. The zero-order chi connectivity index (χ0) is 10.8. The first-order chi connectivity index (χ1) is 7.16. The molecule has 0 spiro atoms. The van der Waals surface area contributed by atoms with Crippen LogP contribution in [0.2, 0.25) is 0 Å². The number of hydrogen-bond donors (Lipinski definition) is 1. The summed E-state index contributed by atoms with van der Waals surface area (Å²) in [7, 11) is 0. The number of aromatic nitrogens is 1. The minimum atomic E-state index is 0.782. The minimum absolute atomic E-state index is 0.782. The van der Waals surface area contributed by atoms with Gasteiger partial charge in [-0.3, -0.25) is 0 Å². The first kappa shape index (κ1) is 10.0. The van der Waals surface area contributed by atoms with Crippen molar-refractivity contribution in [2.45, 2.75) is 20.3 Å². The van der Waals surface area contributed by atoms with Gasteiger partial charge in [-0.1, -0.05) is 11.6 Å². The Kier molecular flexibility index (Phi) is 2.62. The Balaban J connectivity index is 2.26. The summed E-state index contributed by atoms with van der Waals surface area (Å²) < 4.78 is 0. The van der Waals surface area contributed by atoms with E-state index in [0.717, 1.165) is 36.6 Å². The lowest BCUT2D eigenvalue weighted by molar-refractivity contribution is 0.779. The molecule has 2 N–H and O–H groups in total. The second kappa shape index (κ2) is 3.93. The Morgan fingerprint density at radius 1 is 1.40 bits per heavy atom. The molecule has 1 aliphatic heterocycles. The van der Waals surface area contributed by atoms with Crippen LogP contribution in [0.3, 0.4) is 0 Å². The molecule has 0 aromatic carbocycles. The highest BCUT2D eigenvalue weighted by Gasteiger charge is 2.14. The van der Waals surface area contributed by atoms with Gasteiger partial charge >= 0.3 is 0 Å². The lowest BCUT2D eigenvalue weighted by atomic mass is 10.1. The highest BCUT2D eigenvalue weighted by molar-refractivity contribution is 5.64. The molecule has 0 saturated heterocycles. The largest absolute Gasteiger partial charge is 0.396 e. The molecule has 1 aromatic heterocycles. The average molecular weight is 203 g/mol. The van der Waals surface area contributed by atoms with Gasteiger partial charge in [0.1, 0.15) is 0 Å². The molecule has 2 rings (SSSR count). The number of nitrogens with two attached hydrogens (primary N) is 1. The second-order valence-corrected chi connectivity index (χ2v) is 4.19. The predicted molar refractivity (Wildman–Crippen MR) is 64.0 cm³/mol. The van der Waals surface area contributed by atoms with Gasteiger partial charge in [-0.15, -0.1) is 0 Å². The molecule has 3 heteroatoms. The average Bonchev–Trinajstić information content (AvgIpc) is 2.17. The van der Waals surface area contributed by atoms with Gasteiger partial charge in [0.25, 0.3) is 0 Å². The van der Waals surface area contributed by atoms with Crippen LogP contribution in [0.15, 0.2) is 23.9 Å². The van der Waals surface area contributed by atoms with Gasteiger partial charge in [0.2, 0.25) is 0 Å². The molecular formula is C12H17N3. The van der Waals surface area contributed by atoms with E-state index in [4.69, 9.17) is 5.73 Å². The molecule has 0 aliphatic carbocycles. The molecule has 3 nitrogen and oxygen atoms in total. The van der Waals surface area contributed by atoms with Crippen molar-refractivity contribution in [2.75, 3.05) is 23.7 Å². The third kappa shape index (κ3) is 2.12. The van der Waals surface area contributed by atoms with E-state index >= 15 is 0 Å². The van der Waals surface area contributed by atoms with Crippen molar-refractivity contribution in [3.05, 3.63) is 29.5 Å².